The Morgan fingerprint density at radius 2 is 2.15 bits per heavy atom. The van der Waals surface area contributed by atoms with Crippen LogP contribution in [0.15, 0.2) is 24.3 Å². The fraction of sp³-hybridized carbons (Fsp3) is 0.562. The van der Waals surface area contributed by atoms with Gasteiger partial charge in [0, 0.05) is 17.7 Å². The van der Waals surface area contributed by atoms with E-state index in [-0.39, 0.29) is 11.8 Å². The monoisotopic (exact) mass is 276 g/mol. The Bertz CT molecular complexity index is 456. The average molecular weight is 276 g/mol. The van der Waals surface area contributed by atoms with Gasteiger partial charge in [0.2, 0.25) is 5.91 Å². The van der Waals surface area contributed by atoms with Crippen LogP contribution in [-0.4, -0.2) is 25.6 Å². The van der Waals surface area contributed by atoms with Gasteiger partial charge in [-0.3, -0.25) is 4.79 Å². The zero-order valence-electron chi connectivity index (χ0n) is 12.5. The van der Waals surface area contributed by atoms with Crippen molar-refractivity contribution in [1.82, 2.24) is 5.32 Å². The summed E-state index contributed by atoms with van der Waals surface area (Å²) in [6.07, 6.45) is 0. The molecular weight excluding hydrogens is 252 g/mol. The lowest BCUT2D eigenvalue weighted by molar-refractivity contribution is -0.121. The Morgan fingerprint density at radius 1 is 1.40 bits per heavy atom. The first-order valence-electron chi connectivity index (χ1n) is 7.30. The van der Waals surface area contributed by atoms with Crippen molar-refractivity contribution in [3.63, 3.8) is 0 Å². The van der Waals surface area contributed by atoms with Crippen LogP contribution in [0.4, 0.5) is 5.69 Å². The number of benzene rings is 1. The maximum absolute atomic E-state index is 12.1. The number of rotatable bonds is 6. The van der Waals surface area contributed by atoms with Gasteiger partial charge in [-0.05, 0) is 37.1 Å². The second-order valence-corrected chi connectivity index (χ2v) is 5.93. The number of nitrogens with one attached hydrogen (secondary N) is 2. The van der Waals surface area contributed by atoms with E-state index in [1.807, 2.05) is 31.2 Å². The largest absolute Gasteiger partial charge is 0.493 e. The molecule has 1 aromatic carbocycles. The van der Waals surface area contributed by atoms with Crippen molar-refractivity contribution < 1.29 is 9.53 Å². The minimum absolute atomic E-state index is 0.0384. The van der Waals surface area contributed by atoms with Crippen LogP contribution in [0.25, 0.3) is 0 Å². The highest BCUT2D eigenvalue weighted by Gasteiger charge is 2.28. The summed E-state index contributed by atoms with van der Waals surface area (Å²) in [6.45, 7) is 8.76. The van der Waals surface area contributed by atoms with E-state index in [0.29, 0.717) is 18.4 Å². The van der Waals surface area contributed by atoms with Crippen molar-refractivity contribution in [2.24, 2.45) is 17.8 Å². The first-order chi connectivity index (χ1) is 9.56. The standard InChI is InChI=1S/C16H24N2O2/c1-11(2)10-20-15-6-4-5-14(7-15)18-16(19)12(3)13-8-17-9-13/h4-7,11-13,17H,8-10H2,1-3H3,(H,18,19). The van der Waals surface area contributed by atoms with Gasteiger partial charge in [0.05, 0.1) is 6.61 Å². The van der Waals surface area contributed by atoms with Crippen LogP contribution in [-0.2, 0) is 4.79 Å². The van der Waals surface area contributed by atoms with Gasteiger partial charge in [-0.1, -0.05) is 26.8 Å². The Balaban J connectivity index is 1.91. The number of ether oxygens (including phenoxy) is 1. The molecule has 0 bridgehead atoms. The van der Waals surface area contributed by atoms with E-state index >= 15 is 0 Å². The van der Waals surface area contributed by atoms with Crippen molar-refractivity contribution in [3.8, 4) is 5.75 Å². The molecule has 0 radical (unpaired) electrons. The number of hydrogen-bond donors (Lipinski definition) is 2. The normalized spacial score (nSPS) is 16.6. The number of carbonyl (C=O) groups is 1. The number of anilines is 1. The molecule has 0 saturated carbocycles. The molecule has 0 spiro atoms. The first-order valence-corrected chi connectivity index (χ1v) is 7.30. The van der Waals surface area contributed by atoms with Crippen molar-refractivity contribution >= 4 is 11.6 Å². The van der Waals surface area contributed by atoms with Crippen LogP contribution in [0.3, 0.4) is 0 Å². The first kappa shape index (κ1) is 14.9. The lowest BCUT2D eigenvalue weighted by Gasteiger charge is -2.31. The van der Waals surface area contributed by atoms with Crippen LogP contribution in [0, 0.1) is 17.8 Å². The van der Waals surface area contributed by atoms with Gasteiger partial charge in [-0.25, -0.2) is 0 Å². The van der Waals surface area contributed by atoms with E-state index in [4.69, 9.17) is 4.74 Å². The van der Waals surface area contributed by atoms with Gasteiger partial charge >= 0.3 is 0 Å². The van der Waals surface area contributed by atoms with E-state index in [1.165, 1.54) is 0 Å². The topological polar surface area (TPSA) is 50.4 Å². The minimum Gasteiger partial charge on any atom is -0.493 e. The molecule has 2 rings (SSSR count). The van der Waals surface area contributed by atoms with Crippen molar-refractivity contribution in [2.45, 2.75) is 20.8 Å². The molecule has 4 nitrogen and oxygen atoms in total. The summed E-state index contributed by atoms with van der Waals surface area (Å²) in [5, 5.41) is 6.17. The third-order valence-electron chi connectivity index (χ3n) is 3.62. The van der Waals surface area contributed by atoms with Crippen LogP contribution in [0.2, 0.25) is 0 Å². The second kappa shape index (κ2) is 6.75. The zero-order chi connectivity index (χ0) is 14.5. The van der Waals surface area contributed by atoms with Gasteiger partial charge in [-0.15, -0.1) is 0 Å². The molecule has 1 heterocycles. The fourth-order valence-corrected chi connectivity index (χ4v) is 2.06. The average Bonchev–Trinajstić information content (AvgIpc) is 2.34. The van der Waals surface area contributed by atoms with Crippen LogP contribution in [0.5, 0.6) is 5.75 Å². The smallest absolute Gasteiger partial charge is 0.227 e. The lowest BCUT2D eigenvalue weighted by atomic mass is 9.88. The van der Waals surface area contributed by atoms with Crippen molar-refractivity contribution in [3.05, 3.63) is 24.3 Å². The summed E-state index contributed by atoms with van der Waals surface area (Å²) in [5.41, 5.74) is 0.801. The lowest BCUT2D eigenvalue weighted by Crippen LogP contribution is -2.48. The van der Waals surface area contributed by atoms with Crippen molar-refractivity contribution in [2.75, 3.05) is 25.0 Å². The summed E-state index contributed by atoms with van der Waals surface area (Å²) in [4.78, 5) is 12.1. The molecule has 1 atom stereocenters. The summed E-state index contributed by atoms with van der Waals surface area (Å²) in [6, 6.07) is 7.59. The molecule has 4 heteroatoms. The second-order valence-electron chi connectivity index (χ2n) is 5.93. The number of amides is 1. The predicted molar refractivity (Wildman–Crippen MR) is 80.9 cm³/mol. The molecule has 1 saturated heterocycles. The summed E-state index contributed by atoms with van der Waals surface area (Å²) in [7, 11) is 0. The van der Waals surface area contributed by atoms with Crippen molar-refractivity contribution in [1.29, 1.82) is 0 Å². The minimum atomic E-state index is 0.0384. The molecule has 0 aromatic heterocycles. The maximum atomic E-state index is 12.1. The van der Waals surface area contributed by atoms with Gasteiger partial charge in [-0.2, -0.15) is 0 Å². The molecule has 110 valence electrons. The van der Waals surface area contributed by atoms with E-state index in [0.717, 1.165) is 24.5 Å². The highest BCUT2D eigenvalue weighted by atomic mass is 16.5. The van der Waals surface area contributed by atoms with Gasteiger partial charge in [0.25, 0.3) is 0 Å². The quantitative estimate of drug-likeness (QED) is 0.839. The van der Waals surface area contributed by atoms with Crippen LogP contribution < -0.4 is 15.4 Å². The highest BCUT2D eigenvalue weighted by Crippen LogP contribution is 2.21. The Morgan fingerprint density at radius 3 is 2.75 bits per heavy atom. The summed E-state index contributed by atoms with van der Waals surface area (Å²) >= 11 is 0. The molecular formula is C16H24N2O2. The Kier molecular flexibility index (Phi) is 5.01. The predicted octanol–water partition coefficient (Wildman–Crippen LogP) is 2.52. The highest BCUT2D eigenvalue weighted by molar-refractivity contribution is 5.92. The number of carbonyl (C=O) groups excluding carboxylic acids is 1. The third-order valence-corrected chi connectivity index (χ3v) is 3.62. The van der Waals surface area contributed by atoms with E-state index in [1.54, 1.807) is 0 Å². The Hall–Kier alpha value is -1.55. The molecule has 2 N–H and O–H groups in total. The molecule has 1 fully saturated rings. The zero-order valence-corrected chi connectivity index (χ0v) is 12.5. The third kappa shape index (κ3) is 3.97. The van der Waals surface area contributed by atoms with Crippen LogP contribution in [0.1, 0.15) is 20.8 Å². The molecule has 1 unspecified atom stereocenters. The fourth-order valence-electron chi connectivity index (χ4n) is 2.06. The molecule has 1 aliphatic rings. The summed E-state index contributed by atoms with van der Waals surface area (Å²) < 4.78 is 5.67. The van der Waals surface area contributed by atoms with Crippen LogP contribution >= 0.6 is 0 Å². The van der Waals surface area contributed by atoms with E-state index in [9.17, 15) is 4.79 Å². The number of hydrogen-bond acceptors (Lipinski definition) is 3. The molecule has 1 amide bonds. The van der Waals surface area contributed by atoms with Gasteiger partial charge in [0.1, 0.15) is 5.75 Å². The molecule has 0 aliphatic carbocycles. The van der Waals surface area contributed by atoms with Gasteiger partial charge < -0.3 is 15.4 Å². The SMILES string of the molecule is CC(C)COc1cccc(NC(=O)C(C)C2CNC2)c1. The van der Waals surface area contributed by atoms with Gasteiger partial charge in [0.15, 0.2) is 0 Å². The Labute approximate surface area is 120 Å². The molecule has 1 aromatic rings. The van der Waals surface area contributed by atoms with E-state index < -0.39 is 0 Å². The summed E-state index contributed by atoms with van der Waals surface area (Å²) in [5.74, 6) is 1.86. The maximum Gasteiger partial charge on any atom is 0.227 e. The molecule has 20 heavy (non-hydrogen) atoms. The van der Waals surface area contributed by atoms with E-state index in [2.05, 4.69) is 24.5 Å². The molecule has 1 aliphatic heterocycles.